The fourth-order valence-corrected chi connectivity index (χ4v) is 3.98. The largest absolute Gasteiger partial charge is 0.398 e. The highest BCUT2D eigenvalue weighted by Crippen LogP contribution is 2.17. The van der Waals surface area contributed by atoms with Crippen molar-refractivity contribution in [3.05, 3.63) is 69.8 Å². The molecule has 0 radical (unpaired) electrons. The standard InChI is InChI=1S/C28H37N7O7/c1-16(2)13-23(28(40)34(18(4)25(30)37)15-19-9-11-20(12-10-19)35(41)42)33-24(36)14-31-26(38)17(3)32-27(39)21-7-5-6-8-22(21)29/h5-12,16-18,23H,13-15,29H2,1-4H3,(H2,30,37)(H,31,38)(H,32,39)(H,33,36)/t17-,18-,23-/m0/s1. The molecule has 0 heterocycles. The highest BCUT2D eigenvalue weighted by molar-refractivity contribution is 6.01. The Kier molecular flexibility index (Phi) is 11.9. The summed E-state index contributed by atoms with van der Waals surface area (Å²) in [7, 11) is 0. The molecule has 14 nitrogen and oxygen atoms in total. The lowest BCUT2D eigenvalue weighted by atomic mass is 10.0. The molecule has 14 heteroatoms. The summed E-state index contributed by atoms with van der Waals surface area (Å²) >= 11 is 0. The molecule has 0 saturated carbocycles. The van der Waals surface area contributed by atoms with Gasteiger partial charge in [-0.05, 0) is 43.9 Å². The third kappa shape index (κ3) is 9.57. The number of carbonyl (C=O) groups is 5. The molecule has 0 aromatic heterocycles. The molecule has 0 unspecified atom stereocenters. The molecule has 0 aliphatic carbocycles. The molecule has 2 rings (SSSR count). The number of hydrogen-bond donors (Lipinski definition) is 5. The maximum Gasteiger partial charge on any atom is 0.269 e. The summed E-state index contributed by atoms with van der Waals surface area (Å²) in [5.74, 6) is -3.27. The highest BCUT2D eigenvalue weighted by Gasteiger charge is 2.32. The van der Waals surface area contributed by atoms with Gasteiger partial charge in [-0.15, -0.1) is 0 Å². The van der Waals surface area contributed by atoms with Gasteiger partial charge in [-0.1, -0.05) is 38.1 Å². The first kappa shape index (κ1) is 33.2. The van der Waals surface area contributed by atoms with Gasteiger partial charge in [0.2, 0.25) is 23.6 Å². The Bertz CT molecular complexity index is 1310. The van der Waals surface area contributed by atoms with Crippen LogP contribution in [0.2, 0.25) is 0 Å². The van der Waals surface area contributed by atoms with Gasteiger partial charge in [0, 0.05) is 24.4 Å². The predicted octanol–water partition coefficient (Wildman–Crippen LogP) is 0.845. The molecule has 5 amide bonds. The third-order valence-corrected chi connectivity index (χ3v) is 6.37. The van der Waals surface area contributed by atoms with E-state index in [-0.39, 0.29) is 35.8 Å². The second-order valence-electron chi connectivity index (χ2n) is 10.2. The molecule has 42 heavy (non-hydrogen) atoms. The van der Waals surface area contributed by atoms with Crippen LogP contribution in [0.15, 0.2) is 48.5 Å². The predicted molar refractivity (Wildman–Crippen MR) is 154 cm³/mol. The van der Waals surface area contributed by atoms with Gasteiger partial charge in [0.25, 0.3) is 11.6 Å². The SMILES string of the molecule is CC(C)C[C@H](NC(=O)CNC(=O)[C@H](C)NC(=O)c1ccccc1N)C(=O)N(Cc1ccc([N+](=O)[O-])cc1)[C@@H](C)C(N)=O. The zero-order chi connectivity index (χ0) is 31.6. The molecular formula is C28H37N7O7. The van der Waals surface area contributed by atoms with E-state index >= 15 is 0 Å². The van der Waals surface area contributed by atoms with Gasteiger partial charge >= 0.3 is 0 Å². The van der Waals surface area contributed by atoms with Crippen LogP contribution in [0.4, 0.5) is 11.4 Å². The van der Waals surface area contributed by atoms with Gasteiger partial charge in [-0.25, -0.2) is 0 Å². The van der Waals surface area contributed by atoms with Crippen molar-refractivity contribution in [1.82, 2.24) is 20.9 Å². The zero-order valence-corrected chi connectivity index (χ0v) is 24.0. The number of anilines is 1. The summed E-state index contributed by atoms with van der Waals surface area (Å²) in [5.41, 5.74) is 12.1. The molecule has 0 saturated heterocycles. The molecule has 7 N–H and O–H groups in total. The number of nitrogen functional groups attached to an aromatic ring is 1. The minimum Gasteiger partial charge on any atom is -0.398 e. The Morgan fingerprint density at radius 2 is 1.57 bits per heavy atom. The van der Waals surface area contributed by atoms with Crippen molar-refractivity contribution in [1.29, 1.82) is 0 Å². The molecule has 2 aromatic rings. The van der Waals surface area contributed by atoms with Crippen LogP contribution in [0.5, 0.6) is 0 Å². The van der Waals surface area contributed by atoms with Crippen LogP contribution >= 0.6 is 0 Å². The lowest BCUT2D eigenvalue weighted by molar-refractivity contribution is -0.384. The van der Waals surface area contributed by atoms with Gasteiger partial charge in [0.15, 0.2) is 0 Å². The van der Waals surface area contributed by atoms with Gasteiger partial charge < -0.3 is 32.3 Å². The van der Waals surface area contributed by atoms with Gasteiger partial charge in [0.1, 0.15) is 18.1 Å². The normalized spacial score (nSPS) is 12.9. The van der Waals surface area contributed by atoms with Crippen molar-refractivity contribution >= 4 is 40.9 Å². The smallest absolute Gasteiger partial charge is 0.269 e. The van der Waals surface area contributed by atoms with Crippen molar-refractivity contribution in [3.8, 4) is 0 Å². The van der Waals surface area contributed by atoms with Crippen LogP contribution in [0.1, 0.15) is 50.0 Å². The van der Waals surface area contributed by atoms with E-state index in [4.69, 9.17) is 11.5 Å². The van der Waals surface area contributed by atoms with Crippen molar-refractivity contribution in [2.24, 2.45) is 11.7 Å². The van der Waals surface area contributed by atoms with Crippen LogP contribution in [-0.4, -0.2) is 64.0 Å². The Labute approximate surface area is 243 Å². The van der Waals surface area contributed by atoms with E-state index in [9.17, 15) is 34.1 Å². The number of nitrogens with two attached hydrogens (primary N) is 2. The molecule has 3 atom stereocenters. The summed E-state index contributed by atoms with van der Waals surface area (Å²) < 4.78 is 0. The summed E-state index contributed by atoms with van der Waals surface area (Å²) in [4.78, 5) is 75.0. The maximum atomic E-state index is 13.6. The average Bonchev–Trinajstić information content (AvgIpc) is 2.93. The minimum atomic E-state index is -1.06. The number of primary amides is 1. The van der Waals surface area contributed by atoms with E-state index in [2.05, 4.69) is 16.0 Å². The first-order chi connectivity index (χ1) is 19.7. The van der Waals surface area contributed by atoms with E-state index in [1.165, 1.54) is 49.1 Å². The summed E-state index contributed by atoms with van der Waals surface area (Å²) in [6, 6.07) is 8.74. The lowest BCUT2D eigenvalue weighted by Gasteiger charge is -2.32. The van der Waals surface area contributed by atoms with Crippen molar-refractivity contribution in [3.63, 3.8) is 0 Å². The summed E-state index contributed by atoms with van der Waals surface area (Å²) in [6.07, 6.45) is 0.214. The number of non-ortho nitro benzene ring substituents is 1. The number of nitro groups is 1. The van der Waals surface area contributed by atoms with Crippen molar-refractivity contribution in [2.45, 2.75) is 58.8 Å². The Hall–Kier alpha value is -5.01. The number of para-hydroxylation sites is 1. The Morgan fingerprint density at radius 3 is 2.12 bits per heavy atom. The minimum absolute atomic E-state index is 0.0420. The van der Waals surface area contributed by atoms with E-state index in [1.54, 1.807) is 18.2 Å². The molecule has 0 aliphatic rings. The third-order valence-electron chi connectivity index (χ3n) is 6.37. The summed E-state index contributed by atoms with van der Waals surface area (Å²) in [6.45, 7) is 6.00. The van der Waals surface area contributed by atoms with Crippen LogP contribution in [0.25, 0.3) is 0 Å². The van der Waals surface area contributed by atoms with Crippen LogP contribution in [-0.2, 0) is 25.7 Å². The van der Waals surface area contributed by atoms with E-state index < -0.39 is 59.1 Å². The van der Waals surface area contributed by atoms with Gasteiger partial charge in [0.05, 0.1) is 17.0 Å². The van der Waals surface area contributed by atoms with Gasteiger partial charge in [-0.2, -0.15) is 0 Å². The fourth-order valence-electron chi connectivity index (χ4n) is 3.98. The molecule has 2 aromatic carbocycles. The zero-order valence-electron chi connectivity index (χ0n) is 24.0. The van der Waals surface area contributed by atoms with Crippen molar-refractivity contribution < 1.29 is 28.9 Å². The number of nitro benzene ring substituents is 1. The quantitative estimate of drug-likeness (QED) is 0.122. The number of hydrogen-bond acceptors (Lipinski definition) is 8. The van der Waals surface area contributed by atoms with Crippen LogP contribution in [0.3, 0.4) is 0 Å². The van der Waals surface area contributed by atoms with E-state index in [1.807, 2.05) is 13.8 Å². The molecular weight excluding hydrogens is 546 g/mol. The Balaban J connectivity index is 2.09. The van der Waals surface area contributed by atoms with Gasteiger partial charge in [-0.3, -0.25) is 34.1 Å². The number of benzene rings is 2. The number of carbonyl (C=O) groups excluding carboxylic acids is 5. The van der Waals surface area contributed by atoms with Crippen LogP contribution < -0.4 is 27.4 Å². The molecule has 0 aliphatic heterocycles. The molecule has 0 bridgehead atoms. The fraction of sp³-hybridized carbons (Fsp3) is 0.393. The second kappa shape index (κ2) is 15.1. The number of amides is 5. The number of rotatable bonds is 14. The number of nitrogens with zero attached hydrogens (tertiary/aromatic N) is 2. The summed E-state index contributed by atoms with van der Waals surface area (Å²) in [5, 5.41) is 18.5. The second-order valence-corrected chi connectivity index (χ2v) is 10.2. The average molecular weight is 584 g/mol. The van der Waals surface area contributed by atoms with E-state index in [0.717, 1.165) is 0 Å². The lowest BCUT2D eigenvalue weighted by Crippen LogP contribution is -2.55. The Morgan fingerprint density at radius 1 is 0.952 bits per heavy atom. The van der Waals surface area contributed by atoms with Crippen molar-refractivity contribution in [2.75, 3.05) is 12.3 Å². The number of nitrogens with one attached hydrogen (secondary N) is 3. The molecule has 226 valence electrons. The first-order valence-electron chi connectivity index (χ1n) is 13.3. The maximum absolute atomic E-state index is 13.6. The van der Waals surface area contributed by atoms with Crippen LogP contribution in [0, 0.1) is 16.0 Å². The highest BCUT2D eigenvalue weighted by atomic mass is 16.6. The topological polar surface area (TPSA) is 220 Å². The van der Waals surface area contributed by atoms with E-state index in [0.29, 0.717) is 5.56 Å². The monoisotopic (exact) mass is 583 g/mol. The molecule has 0 fully saturated rings. The first-order valence-corrected chi connectivity index (χ1v) is 13.3. The molecule has 0 spiro atoms.